The molecule has 1 fully saturated rings. The Bertz CT molecular complexity index is 940. The molecular formula is C23H26N2O5. The molecule has 3 rings (SSSR count). The van der Waals surface area contributed by atoms with Crippen molar-refractivity contribution in [1.29, 1.82) is 0 Å². The molecule has 1 atom stereocenters. The van der Waals surface area contributed by atoms with Crippen LogP contribution in [0.1, 0.15) is 37.4 Å². The average Bonchev–Trinajstić information content (AvgIpc) is 2.99. The van der Waals surface area contributed by atoms with Gasteiger partial charge in [0.15, 0.2) is 0 Å². The van der Waals surface area contributed by atoms with Crippen molar-refractivity contribution >= 4 is 17.4 Å². The number of nitrogens with zero attached hydrogens (tertiary/aromatic N) is 2. The third-order valence-electron chi connectivity index (χ3n) is 4.82. The SMILES string of the molecule is COCCCN1C(=O)C(=O)/C(=C(\O)c2ccncc2)C1c1ccccc1OC(C)C. The van der Waals surface area contributed by atoms with Gasteiger partial charge in [-0.05, 0) is 38.5 Å². The Morgan fingerprint density at radius 3 is 2.53 bits per heavy atom. The van der Waals surface area contributed by atoms with Crippen LogP contribution in [0.4, 0.5) is 0 Å². The summed E-state index contributed by atoms with van der Waals surface area (Å²) in [4.78, 5) is 31.3. The Morgan fingerprint density at radius 2 is 1.87 bits per heavy atom. The number of pyridine rings is 1. The van der Waals surface area contributed by atoms with E-state index in [1.54, 1.807) is 25.3 Å². The molecule has 158 valence electrons. The summed E-state index contributed by atoms with van der Waals surface area (Å²) in [7, 11) is 1.58. The van der Waals surface area contributed by atoms with Crippen molar-refractivity contribution in [2.75, 3.05) is 20.3 Å². The van der Waals surface area contributed by atoms with Crippen molar-refractivity contribution < 1.29 is 24.2 Å². The zero-order chi connectivity index (χ0) is 21.7. The van der Waals surface area contributed by atoms with Gasteiger partial charge in [-0.2, -0.15) is 0 Å². The van der Waals surface area contributed by atoms with Crippen LogP contribution in [0.5, 0.6) is 5.75 Å². The number of ether oxygens (including phenoxy) is 2. The highest BCUT2D eigenvalue weighted by Crippen LogP contribution is 2.42. The van der Waals surface area contributed by atoms with Gasteiger partial charge in [0.25, 0.3) is 11.7 Å². The highest BCUT2D eigenvalue weighted by molar-refractivity contribution is 6.46. The van der Waals surface area contributed by atoms with Crippen LogP contribution in [0.2, 0.25) is 0 Å². The maximum absolute atomic E-state index is 13.0. The minimum Gasteiger partial charge on any atom is -0.507 e. The van der Waals surface area contributed by atoms with Crippen LogP contribution < -0.4 is 4.74 Å². The van der Waals surface area contributed by atoms with Crippen LogP contribution in [-0.4, -0.2) is 53.0 Å². The number of aromatic nitrogens is 1. The first-order chi connectivity index (χ1) is 14.5. The number of aliphatic hydroxyl groups is 1. The van der Waals surface area contributed by atoms with E-state index < -0.39 is 17.7 Å². The fourth-order valence-electron chi connectivity index (χ4n) is 3.55. The third kappa shape index (κ3) is 4.36. The molecule has 1 aromatic carbocycles. The molecule has 1 unspecified atom stereocenters. The van der Waals surface area contributed by atoms with Crippen LogP contribution in [0.15, 0.2) is 54.4 Å². The molecule has 7 nitrogen and oxygen atoms in total. The molecule has 2 aromatic rings. The van der Waals surface area contributed by atoms with E-state index >= 15 is 0 Å². The van der Waals surface area contributed by atoms with Gasteiger partial charge in [-0.3, -0.25) is 14.6 Å². The standard InChI is InChI=1S/C23H26N2O5/c1-15(2)30-18-8-5-4-7-17(18)20-19(21(26)16-9-11-24-12-10-16)22(27)23(28)25(20)13-6-14-29-3/h4-5,7-12,15,20,26H,6,13-14H2,1-3H3/b21-19-. The van der Waals surface area contributed by atoms with E-state index in [0.717, 1.165) is 0 Å². The van der Waals surface area contributed by atoms with Gasteiger partial charge in [0.2, 0.25) is 0 Å². The number of para-hydroxylation sites is 1. The molecule has 1 N–H and O–H groups in total. The molecule has 0 aliphatic carbocycles. The van der Waals surface area contributed by atoms with E-state index in [1.807, 2.05) is 32.0 Å². The molecule has 0 spiro atoms. The summed E-state index contributed by atoms with van der Waals surface area (Å²) >= 11 is 0. The molecular weight excluding hydrogens is 384 g/mol. The van der Waals surface area contributed by atoms with E-state index in [0.29, 0.717) is 36.4 Å². The average molecular weight is 410 g/mol. The second-order valence-electron chi connectivity index (χ2n) is 7.28. The number of rotatable bonds is 8. The van der Waals surface area contributed by atoms with Crippen molar-refractivity contribution in [2.45, 2.75) is 32.4 Å². The second kappa shape index (κ2) is 9.54. The molecule has 0 bridgehead atoms. The summed E-state index contributed by atoms with van der Waals surface area (Å²) in [6.07, 6.45) is 3.51. The lowest BCUT2D eigenvalue weighted by Crippen LogP contribution is -2.31. The smallest absolute Gasteiger partial charge is 0.295 e. The number of Topliss-reactive ketones (excluding diaryl/α,β-unsaturated/α-hetero) is 1. The summed E-state index contributed by atoms with van der Waals surface area (Å²) in [5.41, 5.74) is 1.12. The molecule has 0 radical (unpaired) electrons. The second-order valence-corrected chi connectivity index (χ2v) is 7.28. The zero-order valence-corrected chi connectivity index (χ0v) is 17.4. The van der Waals surface area contributed by atoms with Crippen molar-refractivity contribution in [2.24, 2.45) is 0 Å². The first-order valence-corrected chi connectivity index (χ1v) is 9.89. The molecule has 1 aliphatic heterocycles. The van der Waals surface area contributed by atoms with Gasteiger partial charge in [-0.1, -0.05) is 18.2 Å². The predicted octanol–water partition coefficient (Wildman–Crippen LogP) is 3.33. The molecule has 1 amide bonds. The summed E-state index contributed by atoms with van der Waals surface area (Å²) in [5.74, 6) is -1.02. The van der Waals surface area contributed by atoms with E-state index in [4.69, 9.17) is 9.47 Å². The van der Waals surface area contributed by atoms with Crippen LogP contribution in [0, 0.1) is 0 Å². The maximum Gasteiger partial charge on any atom is 0.295 e. The van der Waals surface area contributed by atoms with Gasteiger partial charge in [-0.15, -0.1) is 0 Å². The van der Waals surface area contributed by atoms with Gasteiger partial charge in [0.05, 0.1) is 17.7 Å². The van der Waals surface area contributed by atoms with Crippen molar-refractivity contribution in [3.05, 3.63) is 65.5 Å². The van der Waals surface area contributed by atoms with E-state index in [1.165, 1.54) is 17.3 Å². The number of carbonyl (C=O) groups excluding carboxylic acids is 2. The Hall–Kier alpha value is -3.19. The van der Waals surface area contributed by atoms with Crippen LogP contribution in [-0.2, 0) is 14.3 Å². The number of hydrogen-bond donors (Lipinski definition) is 1. The lowest BCUT2D eigenvalue weighted by atomic mass is 9.94. The van der Waals surface area contributed by atoms with E-state index in [9.17, 15) is 14.7 Å². The third-order valence-corrected chi connectivity index (χ3v) is 4.82. The van der Waals surface area contributed by atoms with Crippen LogP contribution in [0.3, 0.4) is 0 Å². The number of ketones is 1. The van der Waals surface area contributed by atoms with Crippen molar-refractivity contribution in [3.63, 3.8) is 0 Å². The highest BCUT2D eigenvalue weighted by atomic mass is 16.5. The highest BCUT2D eigenvalue weighted by Gasteiger charge is 2.46. The predicted molar refractivity (Wildman–Crippen MR) is 112 cm³/mol. The first-order valence-electron chi connectivity index (χ1n) is 9.89. The number of hydrogen-bond acceptors (Lipinski definition) is 6. The molecule has 0 saturated carbocycles. The Morgan fingerprint density at radius 1 is 1.17 bits per heavy atom. The largest absolute Gasteiger partial charge is 0.507 e. The summed E-state index contributed by atoms with van der Waals surface area (Å²) < 4.78 is 11.1. The number of likely N-dealkylation sites (tertiary alicyclic amines) is 1. The topological polar surface area (TPSA) is 89.0 Å². The number of benzene rings is 1. The summed E-state index contributed by atoms with van der Waals surface area (Å²) in [5, 5.41) is 11.0. The minimum atomic E-state index is -0.759. The van der Waals surface area contributed by atoms with Gasteiger partial charge in [0.1, 0.15) is 11.5 Å². The van der Waals surface area contributed by atoms with Crippen LogP contribution >= 0.6 is 0 Å². The van der Waals surface area contributed by atoms with Crippen LogP contribution in [0.25, 0.3) is 5.76 Å². The summed E-state index contributed by atoms with van der Waals surface area (Å²) in [6, 6.07) is 9.72. The zero-order valence-electron chi connectivity index (χ0n) is 17.4. The molecule has 2 heterocycles. The lowest BCUT2D eigenvalue weighted by Gasteiger charge is -2.27. The number of carbonyl (C=O) groups is 2. The van der Waals surface area contributed by atoms with Gasteiger partial charge >= 0.3 is 0 Å². The molecule has 1 saturated heterocycles. The number of amides is 1. The number of methoxy groups -OCH3 is 1. The molecule has 1 aliphatic rings. The Balaban J connectivity index is 2.16. The van der Waals surface area contributed by atoms with Gasteiger partial charge < -0.3 is 19.5 Å². The normalized spacial score (nSPS) is 18.3. The quantitative estimate of drug-likeness (QED) is 0.311. The van der Waals surface area contributed by atoms with Crippen molar-refractivity contribution in [1.82, 2.24) is 9.88 Å². The fraction of sp³-hybridized carbons (Fsp3) is 0.348. The van der Waals surface area contributed by atoms with Gasteiger partial charge in [0, 0.05) is 43.8 Å². The number of aliphatic hydroxyl groups excluding tert-OH is 1. The minimum absolute atomic E-state index is 0.0448. The monoisotopic (exact) mass is 410 g/mol. The lowest BCUT2D eigenvalue weighted by molar-refractivity contribution is -0.140. The first kappa shape index (κ1) is 21.5. The molecule has 1 aromatic heterocycles. The van der Waals surface area contributed by atoms with Gasteiger partial charge in [-0.25, -0.2) is 0 Å². The van der Waals surface area contributed by atoms with Crippen molar-refractivity contribution in [3.8, 4) is 5.75 Å². The van der Waals surface area contributed by atoms with E-state index in [-0.39, 0.29) is 17.4 Å². The molecule has 7 heteroatoms. The molecule has 30 heavy (non-hydrogen) atoms. The fourth-order valence-corrected chi connectivity index (χ4v) is 3.55. The summed E-state index contributed by atoms with van der Waals surface area (Å²) in [6.45, 7) is 4.57. The Kier molecular flexibility index (Phi) is 6.84. The maximum atomic E-state index is 13.0. The van der Waals surface area contributed by atoms with E-state index in [2.05, 4.69) is 4.98 Å². The Labute approximate surface area is 175 Å².